The Morgan fingerprint density at radius 1 is 0.247 bits per heavy atom. The smallest absolute Gasteiger partial charge is 0.0714 e. The molecular formula is C79H54N2. The number of hydrogen-bond acceptors (Lipinski definition) is 1. The second kappa shape index (κ2) is 20.0. The maximum absolute atomic E-state index is 2.46. The number of fused-ring (bicyclic) bond motifs is 6. The molecule has 380 valence electrons. The molecule has 0 saturated carbocycles. The summed E-state index contributed by atoms with van der Waals surface area (Å²) in [6, 6.07) is 120. The number of para-hydroxylation sites is 1. The molecule has 0 N–H and O–H groups in total. The molecule has 0 bridgehead atoms. The van der Waals surface area contributed by atoms with Crippen molar-refractivity contribution < 1.29 is 0 Å². The van der Waals surface area contributed by atoms with Gasteiger partial charge in [-0.25, -0.2) is 0 Å². The number of anilines is 3. The Hall–Kier alpha value is -10.5. The van der Waals surface area contributed by atoms with Gasteiger partial charge in [0.2, 0.25) is 0 Å². The average Bonchev–Trinajstić information content (AvgIpc) is 3.50. The molecule has 1 aromatic heterocycles. The molecule has 0 radical (unpaired) electrons. The third-order valence-electron chi connectivity index (χ3n) is 16.7. The van der Waals surface area contributed by atoms with Crippen LogP contribution in [0.2, 0.25) is 0 Å². The van der Waals surface area contributed by atoms with Crippen molar-refractivity contribution >= 4 is 38.9 Å². The number of hydrogen-bond donors (Lipinski definition) is 0. The highest BCUT2D eigenvalue weighted by Gasteiger charge is 2.46. The van der Waals surface area contributed by atoms with Crippen LogP contribution >= 0.6 is 0 Å². The summed E-state index contributed by atoms with van der Waals surface area (Å²) < 4.78 is 2.41. The van der Waals surface area contributed by atoms with Crippen molar-refractivity contribution in [2.45, 2.75) is 5.41 Å². The summed E-state index contributed by atoms with van der Waals surface area (Å²) >= 11 is 0. The van der Waals surface area contributed by atoms with Crippen molar-refractivity contribution in [1.29, 1.82) is 0 Å². The van der Waals surface area contributed by atoms with Crippen molar-refractivity contribution in [2.75, 3.05) is 4.90 Å². The molecule has 0 aliphatic heterocycles. The third kappa shape index (κ3) is 8.19. The van der Waals surface area contributed by atoms with Crippen LogP contribution in [0.1, 0.15) is 22.3 Å². The van der Waals surface area contributed by atoms with Crippen molar-refractivity contribution in [3.05, 3.63) is 350 Å². The van der Waals surface area contributed by atoms with Gasteiger partial charge in [-0.15, -0.1) is 0 Å². The topological polar surface area (TPSA) is 8.17 Å². The Labute approximate surface area is 473 Å². The highest BCUT2D eigenvalue weighted by molar-refractivity contribution is 6.11. The van der Waals surface area contributed by atoms with E-state index >= 15 is 0 Å². The molecule has 2 nitrogen and oxygen atoms in total. The minimum atomic E-state index is -0.527. The molecule has 1 heterocycles. The van der Waals surface area contributed by atoms with Gasteiger partial charge in [0, 0.05) is 33.4 Å². The third-order valence-corrected chi connectivity index (χ3v) is 16.7. The molecule has 0 spiro atoms. The summed E-state index contributed by atoms with van der Waals surface area (Å²) in [5, 5.41) is 2.48. The van der Waals surface area contributed by atoms with E-state index < -0.39 is 5.41 Å². The zero-order chi connectivity index (χ0) is 53.7. The van der Waals surface area contributed by atoms with Gasteiger partial charge in [-0.2, -0.15) is 0 Å². The first-order valence-electron chi connectivity index (χ1n) is 28.0. The van der Waals surface area contributed by atoms with Gasteiger partial charge in [0.1, 0.15) is 0 Å². The second-order valence-electron chi connectivity index (χ2n) is 21.2. The molecule has 0 unspecified atom stereocenters. The predicted molar refractivity (Wildman–Crippen MR) is 340 cm³/mol. The Morgan fingerprint density at radius 3 is 1.16 bits per heavy atom. The van der Waals surface area contributed by atoms with E-state index in [0.717, 1.165) is 33.9 Å². The molecule has 14 aromatic rings. The largest absolute Gasteiger partial charge is 0.310 e. The molecule has 0 amide bonds. The quantitative estimate of drug-likeness (QED) is 0.125. The van der Waals surface area contributed by atoms with E-state index in [0.29, 0.717) is 0 Å². The number of rotatable bonds is 11. The summed E-state index contributed by atoms with van der Waals surface area (Å²) in [4.78, 5) is 2.45. The van der Waals surface area contributed by atoms with Crippen molar-refractivity contribution in [3.63, 3.8) is 0 Å². The molecule has 0 fully saturated rings. The summed E-state index contributed by atoms with van der Waals surface area (Å²) in [6.45, 7) is 0. The minimum absolute atomic E-state index is 0.527. The van der Waals surface area contributed by atoms with E-state index in [1.54, 1.807) is 0 Å². The highest BCUT2D eigenvalue weighted by atomic mass is 15.1. The van der Waals surface area contributed by atoms with Crippen molar-refractivity contribution in [3.8, 4) is 72.4 Å². The van der Waals surface area contributed by atoms with Crippen LogP contribution in [0.4, 0.5) is 17.1 Å². The Kier molecular flexibility index (Phi) is 11.8. The van der Waals surface area contributed by atoms with Crippen LogP contribution in [0.5, 0.6) is 0 Å². The average molecular weight is 1030 g/mol. The van der Waals surface area contributed by atoms with Gasteiger partial charge >= 0.3 is 0 Å². The lowest BCUT2D eigenvalue weighted by Gasteiger charge is -2.35. The van der Waals surface area contributed by atoms with Gasteiger partial charge in [-0.3, -0.25) is 0 Å². The number of benzene rings is 13. The van der Waals surface area contributed by atoms with Crippen LogP contribution in [-0.4, -0.2) is 4.57 Å². The molecule has 15 rings (SSSR count). The van der Waals surface area contributed by atoms with Gasteiger partial charge < -0.3 is 9.47 Å². The lowest BCUT2D eigenvalue weighted by atomic mass is 9.67. The first kappa shape index (κ1) is 47.7. The first-order chi connectivity index (χ1) is 40.2. The van der Waals surface area contributed by atoms with Gasteiger partial charge in [0.25, 0.3) is 0 Å². The van der Waals surface area contributed by atoms with E-state index in [9.17, 15) is 0 Å². The van der Waals surface area contributed by atoms with E-state index in [-0.39, 0.29) is 0 Å². The molecule has 2 heteroatoms. The number of nitrogens with zero attached hydrogens (tertiary/aromatic N) is 2. The van der Waals surface area contributed by atoms with E-state index in [1.807, 2.05) is 0 Å². The first-order valence-corrected chi connectivity index (χ1v) is 28.0. The van der Waals surface area contributed by atoms with Crippen LogP contribution in [0.3, 0.4) is 0 Å². The van der Waals surface area contributed by atoms with Crippen LogP contribution in [0.25, 0.3) is 94.3 Å². The zero-order valence-corrected chi connectivity index (χ0v) is 44.6. The van der Waals surface area contributed by atoms with Crippen LogP contribution in [0.15, 0.2) is 328 Å². The number of aromatic nitrogens is 1. The molecule has 1 aliphatic carbocycles. The SMILES string of the molecule is c1ccc(-c2ccc3c(c2)c2cc(-c4ccccc4)ccc2n3-c2ccc(-c3ccc(-c4ccc(N(c5ccc6c(c5)C(c5ccccc5)(c5ccccc5)c5ccccc5-6)c5ccccc5-c5ccccc5)cc4)cc3)cc2)cc1. The molecule has 1 aliphatic rings. The Morgan fingerprint density at radius 2 is 0.630 bits per heavy atom. The summed E-state index contributed by atoms with van der Waals surface area (Å²) in [5.41, 5.74) is 25.7. The van der Waals surface area contributed by atoms with E-state index in [1.165, 1.54) is 99.7 Å². The van der Waals surface area contributed by atoms with E-state index in [4.69, 9.17) is 0 Å². The molecule has 81 heavy (non-hydrogen) atoms. The van der Waals surface area contributed by atoms with Crippen LogP contribution < -0.4 is 4.90 Å². The summed E-state index contributed by atoms with van der Waals surface area (Å²) in [7, 11) is 0. The summed E-state index contributed by atoms with van der Waals surface area (Å²) in [5.74, 6) is 0. The van der Waals surface area contributed by atoms with Gasteiger partial charge in [0.05, 0.1) is 22.1 Å². The molecule has 13 aromatic carbocycles. The zero-order valence-electron chi connectivity index (χ0n) is 44.6. The lowest BCUT2D eigenvalue weighted by Crippen LogP contribution is -2.28. The van der Waals surface area contributed by atoms with E-state index in [2.05, 4.69) is 337 Å². The standard InChI is InChI=1S/C79H54N2/c1-6-20-55(21-7-1)62-42-50-77-72(52-62)73-53-63(56-22-8-2-9-23-56)43-51-78(73)81(77)67-46-40-60(41-47-67)58-36-34-57(35-37-58)59-38-44-66(45-39-59)80(76-33-19-17-30-69(76)61-24-10-3-11-25-61)68-48-49-71-70-31-16-18-32-74(70)79(75(71)54-68,64-26-12-4-13-27-64)65-28-14-5-15-29-65/h1-54H. The lowest BCUT2D eigenvalue weighted by molar-refractivity contribution is 0.768. The van der Waals surface area contributed by atoms with Gasteiger partial charge in [-0.1, -0.05) is 261 Å². The fourth-order valence-corrected chi connectivity index (χ4v) is 12.9. The monoisotopic (exact) mass is 1030 g/mol. The minimum Gasteiger partial charge on any atom is -0.310 e. The highest BCUT2D eigenvalue weighted by Crippen LogP contribution is 2.57. The normalized spacial score (nSPS) is 12.3. The van der Waals surface area contributed by atoms with Crippen molar-refractivity contribution in [1.82, 2.24) is 4.57 Å². The molecule has 0 atom stereocenters. The molecule has 0 saturated heterocycles. The predicted octanol–water partition coefficient (Wildman–Crippen LogP) is 21.0. The summed E-state index contributed by atoms with van der Waals surface area (Å²) in [6.07, 6.45) is 0. The van der Waals surface area contributed by atoms with Crippen LogP contribution in [-0.2, 0) is 5.41 Å². The Bertz CT molecular complexity index is 4430. The fourth-order valence-electron chi connectivity index (χ4n) is 12.9. The van der Waals surface area contributed by atoms with Crippen LogP contribution in [0, 0.1) is 0 Å². The fraction of sp³-hybridized carbons (Fsp3) is 0.0127. The van der Waals surface area contributed by atoms with Gasteiger partial charge in [-0.05, 0) is 150 Å². The molecular weight excluding hydrogens is 977 g/mol. The van der Waals surface area contributed by atoms with Crippen molar-refractivity contribution in [2.24, 2.45) is 0 Å². The second-order valence-corrected chi connectivity index (χ2v) is 21.2. The Balaban J connectivity index is 0.782. The van der Waals surface area contributed by atoms with Gasteiger partial charge in [0.15, 0.2) is 0 Å². The maximum Gasteiger partial charge on any atom is 0.0714 e. The maximum atomic E-state index is 2.46.